The van der Waals surface area contributed by atoms with Crippen molar-refractivity contribution in [1.29, 1.82) is 5.26 Å². The van der Waals surface area contributed by atoms with Gasteiger partial charge in [-0.2, -0.15) is 5.26 Å². The lowest BCUT2D eigenvalue weighted by atomic mass is 10.2. The highest BCUT2D eigenvalue weighted by molar-refractivity contribution is 6.36. The summed E-state index contributed by atoms with van der Waals surface area (Å²) >= 11 is 11.8. The Bertz CT molecular complexity index is 796. The van der Waals surface area contributed by atoms with E-state index in [2.05, 4.69) is 10.6 Å². The van der Waals surface area contributed by atoms with Crippen molar-refractivity contribution in [3.8, 4) is 11.8 Å². The van der Waals surface area contributed by atoms with Crippen LogP contribution in [0.5, 0.6) is 5.75 Å². The quantitative estimate of drug-likeness (QED) is 0.440. The number of carbonyl (C=O) groups excluding carboxylic acids is 1. The normalized spacial score (nSPS) is 10.7. The van der Waals surface area contributed by atoms with Gasteiger partial charge in [-0.15, -0.1) is 0 Å². The minimum atomic E-state index is -0.608. The molecule has 0 aliphatic carbocycles. The van der Waals surface area contributed by atoms with Gasteiger partial charge in [0.1, 0.15) is 17.4 Å². The summed E-state index contributed by atoms with van der Waals surface area (Å²) in [6, 6.07) is 12.6. The SMILES string of the molecule is N#C/C(=C/Nc1ccc(O)cc1)C(=O)Nc1ccc(Cl)cc1Cl. The van der Waals surface area contributed by atoms with Gasteiger partial charge in [0, 0.05) is 16.9 Å². The number of aromatic hydroxyl groups is 1. The smallest absolute Gasteiger partial charge is 0.267 e. The Kier molecular flexibility index (Phi) is 5.47. The summed E-state index contributed by atoms with van der Waals surface area (Å²) in [5.41, 5.74) is 0.837. The molecule has 2 aromatic carbocycles. The van der Waals surface area contributed by atoms with Crippen LogP contribution in [-0.2, 0) is 4.79 Å². The van der Waals surface area contributed by atoms with Gasteiger partial charge in [-0.3, -0.25) is 4.79 Å². The standard InChI is InChI=1S/C16H11Cl2N3O2/c17-11-1-6-15(14(18)7-11)21-16(23)10(8-19)9-20-12-2-4-13(22)5-3-12/h1-7,9,20,22H,(H,21,23)/b10-9-. The lowest BCUT2D eigenvalue weighted by molar-refractivity contribution is -0.112. The Balaban J connectivity index is 2.10. The molecule has 0 bridgehead atoms. The van der Waals surface area contributed by atoms with E-state index < -0.39 is 5.91 Å². The molecule has 0 aliphatic rings. The Hall–Kier alpha value is -2.68. The van der Waals surface area contributed by atoms with Crippen molar-refractivity contribution in [2.45, 2.75) is 0 Å². The maximum Gasteiger partial charge on any atom is 0.267 e. The third kappa shape index (κ3) is 4.65. The van der Waals surface area contributed by atoms with Gasteiger partial charge in [0.05, 0.1) is 10.7 Å². The van der Waals surface area contributed by atoms with Crippen molar-refractivity contribution in [1.82, 2.24) is 0 Å². The number of halogens is 2. The molecule has 0 atom stereocenters. The highest BCUT2D eigenvalue weighted by atomic mass is 35.5. The molecule has 0 unspecified atom stereocenters. The number of hydrogen-bond donors (Lipinski definition) is 3. The number of nitriles is 1. The number of rotatable bonds is 4. The van der Waals surface area contributed by atoms with Crippen LogP contribution >= 0.6 is 23.2 Å². The zero-order valence-electron chi connectivity index (χ0n) is 11.7. The predicted octanol–water partition coefficient (Wildman–Crippen LogP) is 4.16. The number of benzene rings is 2. The molecule has 0 spiro atoms. The molecule has 7 heteroatoms. The van der Waals surface area contributed by atoms with Crippen LogP contribution in [0.25, 0.3) is 0 Å². The van der Waals surface area contributed by atoms with E-state index in [0.717, 1.165) is 0 Å². The van der Waals surface area contributed by atoms with E-state index in [-0.39, 0.29) is 16.3 Å². The fraction of sp³-hybridized carbons (Fsp3) is 0. The Morgan fingerprint density at radius 2 is 1.87 bits per heavy atom. The minimum absolute atomic E-state index is 0.121. The molecule has 116 valence electrons. The lowest BCUT2D eigenvalue weighted by Gasteiger charge is -2.07. The number of hydrogen-bond acceptors (Lipinski definition) is 4. The zero-order chi connectivity index (χ0) is 16.8. The van der Waals surface area contributed by atoms with Crippen LogP contribution in [0, 0.1) is 11.3 Å². The topological polar surface area (TPSA) is 85.2 Å². The van der Waals surface area contributed by atoms with E-state index in [9.17, 15) is 9.90 Å². The van der Waals surface area contributed by atoms with Crippen molar-refractivity contribution in [2.24, 2.45) is 0 Å². The van der Waals surface area contributed by atoms with Crippen molar-refractivity contribution >= 4 is 40.5 Å². The molecule has 2 aromatic rings. The summed E-state index contributed by atoms with van der Waals surface area (Å²) in [6.45, 7) is 0. The highest BCUT2D eigenvalue weighted by Gasteiger charge is 2.11. The van der Waals surface area contributed by atoms with Crippen LogP contribution in [0.3, 0.4) is 0 Å². The summed E-state index contributed by atoms with van der Waals surface area (Å²) in [4.78, 5) is 12.1. The number of anilines is 2. The van der Waals surface area contributed by atoms with Crippen molar-refractivity contribution in [3.63, 3.8) is 0 Å². The maximum absolute atomic E-state index is 12.1. The number of carbonyl (C=O) groups is 1. The van der Waals surface area contributed by atoms with Crippen molar-refractivity contribution in [3.05, 3.63) is 64.3 Å². The molecule has 0 aromatic heterocycles. The van der Waals surface area contributed by atoms with E-state index in [4.69, 9.17) is 28.5 Å². The average molecular weight is 348 g/mol. The maximum atomic E-state index is 12.1. The fourth-order valence-corrected chi connectivity index (χ4v) is 2.10. The van der Waals surface area contributed by atoms with E-state index in [1.807, 2.05) is 0 Å². The van der Waals surface area contributed by atoms with E-state index in [1.54, 1.807) is 30.3 Å². The monoisotopic (exact) mass is 347 g/mol. The Morgan fingerprint density at radius 3 is 2.48 bits per heavy atom. The van der Waals surface area contributed by atoms with Gasteiger partial charge < -0.3 is 15.7 Å². The van der Waals surface area contributed by atoms with E-state index >= 15 is 0 Å². The molecular formula is C16H11Cl2N3O2. The van der Waals surface area contributed by atoms with Crippen molar-refractivity contribution in [2.75, 3.05) is 10.6 Å². The van der Waals surface area contributed by atoms with E-state index in [1.165, 1.54) is 24.4 Å². The summed E-state index contributed by atoms with van der Waals surface area (Å²) < 4.78 is 0. The second-order valence-electron chi connectivity index (χ2n) is 4.44. The van der Waals surface area contributed by atoms with Crippen LogP contribution in [-0.4, -0.2) is 11.0 Å². The average Bonchev–Trinajstić information content (AvgIpc) is 2.52. The number of nitrogens with zero attached hydrogens (tertiary/aromatic N) is 1. The molecule has 1 amide bonds. The molecule has 23 heavy (non-hydrogen) atoms. The molecule has 0 saturated carbocycles. The van der Waals surface area contributed by atoms with Crippen molar-refractivity contribution < 1.29 is 9.90 Å². The number of phenols is 1. The van der Waals surface area contributed by atoms with Gasteiger partial charge in [-0.05, 0) is 42.5 Å². The van der Waals surface area contributed by atoms with Crippen LogP contribution in [0.1, 0.15) is 0 Å². The van der Waals surface area contributed by atoms with Crippen LogP contribution in [0.2, 0.25) is 10.0 Å². The summed E-state index contributed by atoms with van der Waals surface area (Å²) in [5.74, 6) is -0.488. The first-order valence-corrected chi connectivity index (χ1v) is 7.17. The Morgan fingerprint density at radius 1 is 1.17 bits per heavy atom. The number of nitrogens with one attached hydrogen (secondary N) is 2. The van der Waals surface area contributed by atoms with Gasteiger partial charge >= 0.3 is 0 Å². The molecule has 2 rings (SSSR count). The number of amides is 1. The minimum Gasteiger partial charge on any atom is -0.508 e. The van der Waals surface area contributed by atoms with Gasteiger partial charge in [-0.1, -0.05) is 23.2 Å². The van der Waals surface area contributed by atoms with Gasteiger partial charge in [0.15, 0.2) is 0 Å². The lowest BCUT2D eigenvalue weighted by Crippen LogP contribution is -2.14. The molecule has 0 fully saturated rings. The fourth-order valence-electron chi connectivity index (χ4n) is 1.64. The van der Waals surface area contributed by atoms with Gasteiger partial charge in [-0.25, -0.2) is 0 Å². The predicted molar refractivity (Wildman–Crippen MR) is 90.5 cm³/mol. The molecule has 3 N–H and O–H groups in total. The number of phenolic OH excluding ortho intramolecular Hbond substituents is 1. The Labute approximate surface area is 142 Å². The summed E-state index contributed by atoms with van der Waals surface area (Å²) in [7, 11) is 0. The zero-order valence-corrected chi connectivity index (χ0v) is 13.2. The summed E-state index contributed by atoms with van der Waals surface area (Å²) in [5, 5.41) is 24.3. The first-order valence-electron chi connectivity index (χ1n) is 6.42. The molecule has 0 radical (unpaired) electrons. The van der Waals surface area contributed by atoms with Crippen LogP contribution < -0.4 is 10.6 Å². The second kappa shape index (κ2) is 7.54. The first-order chi connectivity index (χ1) is 11.0. The van der Waals surface area contributed by atoms with Crippen LogP contribution in [0.4, 0.5) is 11.4 Å². The summed E-state index contributed by atoms with van der Waals surface area (Å²) in [6.07, 6.45) is 1.27. The molecule has 0 saturated heterocycles. The molecule has 0 aliphatic heterocycles. The third-order valence-electron chi connectivity index (χ3n) is 2.79. The van der Waals surface area contributed by atoms with Gasteiger partial charge in [0.2, 0.25) is 0 Å². The third-order valence-corrected chi connectivity index (χ3v) is 3.34. The highest BCUT2D eigenvalue weighted by Crippen LogP contribution is 2.25. The second-order valence-corrected chi connectivity index (χ2v) is 5.28. The first kappa shape index (κ1) is 16.7. The van der Waals surface area contributed by atoms with Gasteiger partial charge in [0.25, 0.3) is 5.91 Å². The van der Waals surface area contributed by atoms with Crippen LogP contribution in [0.15, 0.2) is 54.2 Å². The molecule has 0 heterocycles. The molecular weight excluding hydrogens is 337 g/mol. The molecule has 5 nitrogen and oxygen atoms in total. The van der Waals surface area contributed by atoms with E-state index in [0.29, 0.717) is 16.4 Å². The largest absolute Gasteiger partial charge is 0.508 e.